The second kappa shape index (κ2) is 4.42. The highest BCUT2D eigenvalue weighted by Gasteiger charge is 2.51. The van der Waals surface area contributed by atoms with Crippen LogP contribution in [0.5, 0.6) is 0 Å². The van der Waals surface area contributed by atoms with E-state index in [1.807, 2.05) is 19.9 Å². The third-order valence-electron chi connectivity index (χ3n) is 4.43. The summed E-state index contributed by atoms with van der Waals surface area (Å²) in [6, 6.07) is 1.90. The van der Waals surface area contributed by atoms with Gasteiger partial charge in [0.2, 0.25) is 5.89 Å². The first kappa shape index (κ1) is 13.0. The summed E-state index contributed by atoms with van der Waals surface area (Å²) in [7, 11) is 0. The highest BCUT2D eigenvalue weighted by molar-refractivity contribution is 5.55. The Morgan fingerprint density at radius 1 is 1.29 bits per heavy atom. The van der Waals surface area contributed by atoms with Crippen LogP contribution < -0.4 is 0 Å². The summed E-state index contributed by atoms with van der Waals surface area (Å²) >= 11 is 0. The second-order valence-corrected chi connectivity index (χ2v) is 6.35. The van der Waals surface area contributed by atoms with Crippen molar-refractivity contribution in [3.8, 4) is 11.5 Å². The first-order valence-electron chi connectivity index (χ1n) is 7.38. The lowest BCUT2D eigenvalue weighted by Gasteiger charge is -2.46. The molecule has 0 bridgehead atoms. The summed E-state index contributed by atoms with van der Waals surface area (Å²) in [5.41, 5.74) is 0.380. The van der Waals surface area contributed by atoms with E-state index in [0.717, 1.165) is 29.9 Å². The molecule has 6 heteroatoms. The quantitative estimate of drug-likeness (QED) is 0.926. The predicted octanol–water partition coefficient (Wildman–Crippen LogP) is 1.90. The molecule has 6 nitrogen and oxygen atoms in total. The maximum atomic E-state index is 10.3. The summed E-state index contributed by atoms with van der Waals surface area (Å²) in [5, 5.41) is 18.5. The minimum Gasteiger partial charge on any atom is -0.466 e. The molecule has 0 aromatic carbocycles. The smallest absolute Gasteiger partial charge is 0.251 e. The third-order valence-corrected chi connectivity index (χ3v) is 4.43. The molecule has 2 fully saturated rings. The van der Waals surface area contributed by atoms with Crippen molar-refractivity contribution in [3.63, 3.8) is 0 Å². The Bertz CT molecular complexity index is 666. The first-order valence-corrected chi connectivity index (χ1v) is 7.38. The fraction of sp³-hybridized carbons (Fsp3) is 0.600. The van der Waals surface area contributed by atoms with Crippen LogP contribution in [-0.4, -0.2) is 38.9 Å². The van der Waals surface area contributed by atoms with Crippen LogP contribution in [0.25, 0.3) is 11.5 Å². The lowest BCUT2D eigenvalue weighted by atomic mass is 9.89. The second-order valence-electron chi connectivity index (χ2n) is 6.35. The van der Waals surface area contributed by atoms with Crippen LogP contribution in [0.3, 0.4) is 0 Å². The monoisotopic (exact) mass is 289 g/mol. The zero-order valence-corrected chi connectivity index (χ0v) is 12.3. The van der Waals surface area contributed by atoms with Crippen molar-refractivity contribution in [2.24, 2.45) is 5.92 Å². The van der Waals surface area contributed by atoms with Crippen molar-refractivity contribution < 1.29 is 13.9 Å². The Morgan fingerprint density at radius 2 is 2.05 bits per heavy atom. The number of aromatic nitrogens is 2. The lowest BCUT2D eigenvalue weighted by Crippen LogP contribution is -2.62. The number of rotatable bonds is 4. The number of aryl methyl sites for hydroxylation is 2. The molecular formula is C15H19N3O3. The maximum absolute atomic E-state index is 10.3. The molecule has 1 aliphatic heterocycles. The highest BCUT2D eigenvalue weighted by Crippen LogP contribution is 2.44. The number of hydrogen-bond donors (Lipinski definition) is 1. The maximum Gasteiger partial charge on any atom is 0.251 e. The van der Waals surface area contributed by atoms with Crippen molar-refractivity contribution in [2.75, 3.05) is 13.1 Å². The van der Waals surface area contributed by atoms with Gasteiger partial charge in [0.1, 0.15) is 11.5 Å². The molecule has 1 aliphatic carbocycles. The van der Waals surface area contributed by atoms with Gasteiger partial charge in [0.25, 0.3) is 5.89 Å². The van der Waals surface area contributed by atoms with Gasteiger partial charge in [0.15, 0.2) is 0 Å². The van der Waals surface area contributed by atoms with E-state index in [1.165, 1.54) is 0 Å². The number of hydrogen-bond acceptors (Lipinski definition) is 6. The van der Waals surface area contributed by atoms with Crippen LogP contribution in [-0.2, 0) is 6.54 Å². The molecule has 4 rings (SSSR count). The van der Waals surface area contributed by atoms with Gasteiger partial charge < -0.3 is 13.9 Å². The molecular weight excluding hydrogens is 270 g/mol. The van der Waals surface area contributed by atoms with E-state index >= 15 is 0 Å². The molecule has 21 heavy (non-hydrogen) atoms. The first-order chi connectivity index (χ1) is 10.0. The molecule has 1 saturated heterocycles. The molecule has 3 heterocycles. The van der Waals surface area contributed by atoms with Crippen molar-refractivity contribution in [1.82, 2.24) is 15.1 Å². The molecule has 0 atom stereocenters. The zero-order chi connectivity index (χ0) is 14.6. The molecule has 2 aromatic heterocycles. The van der Waals surface area contributed by atoms with Gasteiger partial charge in [0, 0.05) is 13.1 Å². The van der Waals surface area contributed by atoms with Gasteiger partial charge in [-0.15, -0.1) is 10.2 Å². The number of likely N-dealkylation sites (tertiary alicyclic amines) is 1. The average molecular weight is 289 g/mol. The Kier molecular flexibility index (Phi) is 2.74. The Labute approximate surface area is 122 Å². The van der Waals surface area contributed by atoms with Gasteiger partial charge in [0.05, 0.1) is 17.7 Å². The fourth-order valence-corrected chi connectivity index (χ4v) is 3.18. The van der Waals surface area contributed by atoms with Crippen LogP contribution in [0, 0.1) is 19.8 Å². The number of β-amino-alcohol motifs (C(OH)–C–C–N with tert-alkyl or cyclic N) is 1. The summed E-state index contributed by atoms with van der Waals surface area (Å²) < 4.78 is 11.2. The van der Waals surface area contributed by atoms with Gasteiger partial charge in [-0.2, -0.15) is 0 Å². The van der Waals surface area contributed by atoms with Crippen molar-refractivity contribution in [3.05, 3.63) is 23.5 Å². The van der Waals surface area contributed by atoms with Gasteiger partial charge in [-0.05, 0) is 38.7 Å². The van der Waals surface area contributed by atoms with Crippen molar-refractivity contribution >= 4 is 0 Å². The van der Waals surface area contributed by atoms with E-state index in [1.54, 1.807) is 0 Å². The molecule has 1 N–H and O–H groups in total. The summed E-state index contributed by atoms with van der Waals surface area (Å²) in [5.74, 6) is 3.20. The zero-order valence-electron chi connectivity index (χ0n) is 12.3. The van der Waals surface area contributed by atoms with E-state index in [9.17, 15) is 5.11 Å². The van der Waals surface area contributed by atoms with Crippen LogP contribution in [0.4, 0.5) is 0 Å². The van der Waals surface area contributed by atoms with Crippen LogP contribution >= 0.6 is 0 Å². The Morgan fingerprint density at radius 3 is 2.67 bits per heavy atom. The van der Waals surface area contributed by atoms with Crippen molar-refractivity contribution in [2.45, 2.75) is 38.8 Å². The van der Waals surface area contributed by atoms with Crippen LogP contribution in [0.2, 0.25) is 0 Å². The fourth-order valence-electron chi connectivity index (χ4n) is 3.18. The molecule has 0 unspecified atom stereocenters. The van der Waals surface area contributed by atoms with Crippen LogP contribution in [0.15, 0.2) is 14.9 Å². The summed E-state index contributed by atoms with van der Waals surface area (Å²) in [6.45, 7) is 5.79. The highest BCUT2D eigenvalue weighted by atomic mass is 16.4. The Balaban J connectivity index is 1.42. The molecule has 1 saturated carbocycles. The normalized spacial score (nSPS) is 21.5. The van der Waals surface area contributed by atoms with Gasteiger partial charge in [-0.3, -0.25) is 4.90 Å². The van der Waals surface area contributed by atoms with Gasteiger partial charge in [-0.25, -0.2) is 0 Å². The van der Waals surface area contributed by atoms with Gasteiger partial charge in [-0.1, -0.05) is 0 Å². The summed E-state index contributed by atoms with van der Waals surface area (Å²) in [6.07, 6.45) is 2.32. The standard InChI is InChI=1S/C15H19N3O3/c1-9-5-12(10(2)20-9)14-17-16-13(21-14)6-18-7-15(19,8-18)11-3-4-11/h5,11,19H,3-4,6-8H2,1-2H3. The van der Waals surface area contributed by atoms with E-state index in [2.05, 4.69) is 15.1 Å². The summed E-state index contributed by atoms with van der Waals surface area (Å²) in [4.78, 5) is 2.14. The van der Waals surface area contributed by atoms with Crippen LogP contribution in [0.1, 0.15) is 30.3 Å². The molecule has 0 spiro atoms. The molecule has 2 aliphatic rings. The SMILES string of the molecule is Cc1cc(-c2nnc(CN3CC(O)(C4CC4)C3)o2)c(C)o1. The lowest BCUT2D eigenvalue weighted by molar-refractivity contribution is -0.118. The minimum atomic E-state index is -0.471. The number of aliphatic hydroxyl groups is 1. The number of furan rings is 1. The predicted molar refractivity (Wildman–Crippen MR) is 74.4 cm³/mol. The third kappa shape index (κ3) is 2.28. The van der Waals surface area contributed by atoms with Crippen molar-refractivity contribution in [1.29, 1.82) is 0 Å². The molecule has 2 aromatic rings. The van der Waals surface area contributed by atoms with E-state index in [4.69, 9.17) is 8.83 Å². The topological polar surface area (TPSA) is 75.5 Å². The molecule has 112 valence electrons. The van der Waals surface area contributed by atoms with Gasteiger partial charge >= 0.3 is 0 Å². The Hall–Kier alpha value is -1.66. The molecule has 0 amide bonds. The van der Waals surface area contributed by atoms with E-state index < -0.39 is 5.60 Å². The molecule has 0 radical (unpaired) electrons. The number of nitrogens with zero attached hydrogens (tertiary/aromatic N) is 3. The van der Waals surface area contributed by atoms with E-state index in [-0.39, 0.29) is 0 Å². The van der Waals surface area contributed by atoms with E-state index in [0.29, 0.717) is 37.3 Å². The average Bonchev–Trinajstić information content (AvgIpc) is 3.07. The minimum absolute atomic E-state index is 0.471. The largest absolute Gasteiger partial charge is 0.466 e.